The van der Waals surface area contributed by atoms with Gasteiger partial charge in [-0.3, -0.25) is 9.59 Å². The zero-order valence-electron chi connectivity index (χ0n) is 10.3. The fraction of sp³-hybridized carbons (Fsp3) is 0.385. The fourth-order valence-corrected chi connectivity index (χ4v) is 1.81. The molecule has 0 fully saturated rings. The van der Waals surface area contributed by atoms with E-state index >= 15 is 0 Å². The van der Waals surface area contributed by atoms with Crippen molar-refractivity contribution < 1.29 is 24.5 Å². The highest BCUT2D eigenvalue weighted by atomic mass is 16.5. The summed E-state index contributed by atoms with van der Waals surface area (Å²) in [4.78, 5) is 21.8. The average molecular weight is 252 g/mol. The molecule has 0 saturated carbocycles. The molecule has 0 aliphatic carbocycles. The summed E-state index contributed by atoms with van der Waals surface area (Å²) in [5.74, 6) is -2.61. The first-order chi connectivity index (χ1) is 8.49. The van der Waals surface area contributed by atoms with Crippen molar-refractivity contribution in [3.05, 3.63) is 29.3 Å². The van der Waals surface area contributed by atoms with Crippen LogP contribution in [0.4, 0.5) is 0 Å². The molecule has 2 N–H and O–H groups in total. The van der Waals surface area contributed by atoms with E-state index in [2.05, 4.69) is 0 Å². The molecule has 0 amide bonds. The van der Waals surface area contributed by atoms with Crippen LogP contribution in [0.15, 0.2) is 18.2 Å². The number of carboxylic acid groups (broad SMARTS) is 2. The number of carbonyl (C=O) groups is 2. The van der Waals surface area contributed by atoms with Crippen LogP contribution in [-0.4, -0.2) is 29.3 Å². The molecular weight excluding hydrogens is 236 g/mol. The van der Waals surface area contributed by atoms with E-state index < -0.39 is 24.3 Å². The van der Waals surface area contributed by atoms with E-state index in [-0.39, 0.29) is 0 Å². The Morgan fingerprint density at radius 3 is 2.44 bits per heavy atom. The molecule has 0 spiro atoms. The Bertz CT molecular complexity index is 453. The third-order valence-corrected chi connectivity index (χ3v) is 2.76. The van der Waals surface area contributed by atoms with Crippen LogP contribution in [0.25, 0.3) is 0 Å². The summed E-state index contributed by atoms with van der Waals surface area (Å²) in [6, 6.07) is 4.96. The zero-order chi connectivity index (χ0) is 13.7. The molecule has 0 aliphatic heterocycles. The van der Waals surface area contributed by atoms with Crippen molar-refractivity contribution in [1.82, 2.24) is 0 Å². The second-order valence-electron chi connectivity index (χ2n) is 3.91. The van der Waals surface area contributed by atoms with E-state index in [1.54, 1.807) is 25.3 Å². The first kappa shape index (κ1) is 14.0. The van der Waals surface area contributed by atoms with Crippen molar-refractivity contribution in [3.8, 4) is 5.75 Å². The summed E-state index contributed by atoms with van der Waals surface area (Å²) in [6.45, 7) is 1.93. The number of hydrogen-bond acceptors (Lipinski definition) is 3. The maximum absolute atomic E-state index is 11.1. The molecule has 1 aromatic carbocycles. The highest BCUT2D eigenvalue weighted by Crippen LogP contribution is 2.27. The number of hydrogen-bond donors (Lipinski definition) is 2. The number of methoxy groups -OCH3 is 1. The molecule has 98 valence electrons. The lowest BCUT2D eigenvalue weighted by Gasteiger charge is -2.13. The van der Waals surface area contributed by atoms with E-state index in [0.717, 1.165) is 5.56 Å². The first-order valence-corrected chi connectivity index (χ1v) is 5.61. The van der Waals surface area contributed by atoms with Gasteiger partial charge in [0.1, 0.15) is 5.75 Å². The maximum atomic E-state index is 11.1. The third-order valence-electron chi connectivity index (χ3n) is 2.76. The molecule has 0 aromatic heterocycles. The van der Waals surface area contributed by atoms with Crippen LogP contribution in [0.3, 0.4) is 0 Å². The van der Waals surface area contributed by atoms with Crippen LogP contribution in [0.1, 0.15) is 30.4 Å². The first-order valence-electron chi connectivity index (χ1n) is 5.61. The van der Waals surface area contributed by atoms with Gasteiger partial charge in [-0.05, 0) is 23.6 Å². The molecule has 1 aromatic rings. The molecule has 0 radical (unpaired) electrons. The minimum atomic E-state index is -1.13. The van der Waals surface area contributed by atoms with Gasteiger partial charge in [0.25, 0.3) is 0 Å². The highest BCUT2D eigenvalue weighted by Gasteiger charge is 2.23. The molecular formula is C13H16O5. The normalized spacial score (nSPS) is 11.9. The van der Waals surface area contributed by atoms with Crippen LogP contribution in [0.5, 0.6) is 5.75 Å². The van der Waals surface area contributed by atoms with E-state index in [0.29, 0.717) is 17.7 Å². The lowest BCUT2D eigenvalue weighted by molar-refractivity contribution is -0.145. The third kappa shape index (κ3) is 3.23. The standard InChI is InChI=1S/C13H16O5/c1-3-8-6-9(4-5-11(8)18-2)10(13(16)17)7-12(14)15/h4-6,10H,3,7H2,1-2H3,(H,14,15)(H,16,17). The number of benzene rings is 1. The van der Waals surface area contributed by atoms with Gasteiger partial charge in [0.15, 0.2) is 0 Å². The SMILES string of the molecule is CCc1cc(C(CC(=O)O)C(=O)O)ccc1OC. The van der Waals surface area contributed by atoms with Gasteiger partial charge >= 0.3 is 11.9 Å². The maximum Gasteiger partial charge on any atom is 0.311 e. The Morgan fingerprint density at radius 1 is 1.33 bits per heavy atom. The largest absolute Gasteiger partial charge is 0.496 e. The van der Waals surface area contributed by atoms with Crippen LogP contribution in [0, 0.1) is 0 Å². The molecule has 0 aliphatic rings. The molecule has 1 unspecified atom stereocenters. The predicted octanol–water partition coefficient (Wildman–Crippen LogP) is 1.90. The van der Waals surface area contributed by atoms with Gasteiger partial charge in [0.05, 0.1) is 19.4 Å². The quantitative estimate of drug-likeness (QED) is 0.807. The number of ether oxygens (including phenoxy) is 1. The van der Waals surface area contributed by atoms with Crippen molar-refractivity contribution in [2.75, 3.05) is 7.11 Å². The molecule has 1 atom stereocenters. The van der Waals surface area contributed by atoms with Crippen LogP contribution >= 0.6 is 0 Å². The number of carboxylic acids is 2. The summed E-state index contributed by atoms with van der Waals surface area (Å²) in [6.07, 6.45) is 0.265. The monoisotopic (exact) mass is 252 g/mol. The van der Waals surface area contributed by atoms with Crippen molar-refractivity contribution in [3.63, 3.8) is 0 Å². The van der Waals surface area contributed by atoms with Gasteiger partial charge in [-0.2, -0.15) is 0 Å². The second kappa shape index (κ2) is 6.05. The van der Waals surface area contributed by atoms with Crippen molar-refractivity contribution in [1.29, 1.82) is 0 Å². The molecule has 0 heterocycles. The number of aliphatic carboxylic acids is 2. The smallest absolute Gasteiger partial charge is 0.311 e. The molecule has 0 saturated heterocycles. The second-order valence-corrected chi connectivity index (χ2v) is 3.91. The Kier molecular flexibility index (Phi) is 4.71. The molecule has 1 rings (SSSR count). The van der Waals surface area contributed by atoms with E-state index in [1.165, 1.54) is 0 Å². The van der Waals surface area contributed by atoms with Crippen molar-refractivity contribution in [2.45, 2.75) is 25.7 Å². The predicted molar refractivity (Wildman–Crippen MR) is 65.0 cm³/mol. The minimum Gasteiger partial charge on any atom is -0.496 e. The summed E-state index contributed by atoms with van der Waals surface area (Å²) in [7, 11) is 1.54. The molecule has 5 heteroatoms. The van der Waals surface area contributed by atoms with E-state index in [4.69, 9.17) is 14.9 Å². The topological polar surface area (TPSA) is 83.8 Å². The minimum absolute atomic E-state index is 0.426. The highest BCUT2D eigenvalue weighted by molar-refractivity contribution is 5.82. The Balaban J connectivity index is 3.13. The number of aryl methyl sites for hydroxylation is 1. The zero-order valence-corrected chi connectivity index (χ0v) is 10.3. The summed E-state index contributed by atoms with van der Waals surface area (Å²) in [5, 5.41) is 17.8. The van der Waals surface area contributed by atoms with Gasteiger partial charge in [0.2, 0.25) is 0 Å². The van der Waals surface area contributed by atoms with Gasteiger partial charge in [-0.1, -0.05) is 19.1 Å². The van der Waals surface area contributed by atoms with E-state index in [1.807, 2.05) is 6.92 Å². The van der Waals surface area contributed by atoms with Crippen molar-refractivity contribution >= 4 is 11.9 Å². The summed E-state index contributed by atoms with van der Waals surface area (Å²) >= 11 is 0. The Morgan fingerprint density at radius 2 is 2.00 bits per heavy atom. The lowest BCUT2D eigenvalue weighted by Crippen LogP contribution is -2.16. The average Bonchev–Trinajstić information content (AvgIpc) is 2.34. The number of rotatable bonds is 6. The summed E-state index contributed by atoms with van der Waals surface area (Å²) < 4.78 is 5.15. The summed E-state index contributed by atoms with van der Waals surface area (Å²) in [5.41, 5.74) is 1.36. The van der Waals surface area contributed by atoms with Gasteiger partial charge < -0.3 is 14.9 Å². The van der Waals surface area contributed by atoms with Gasteiger partial charge in [0, 0.05) is 0 Å². The molecule has 18 heavy (non-hydrogen) atoms. The Hall–Kier alpha value is -2.04. The van der Waals surface area contributed by atoms with Crippen molar-refractivity contribution in [2.24, 2.45) is 0 Å². The lowest BCUT2D eigenvalue weighted by atomic mass is 9.93. The molecule has 0 bridgehead atoms. The van der Waals surface area contributed by atoms with Gasteiger partial charge in [-0.25, -0.2) is 0 Å². The van der Waals surface area contributed by atoms with Crippen LogP contribution in [-0.2, 0) is 16.0 Å². The fourth-order valence-electron chi connectivity index (χ4n) is 1.81. The van der Waals surface area contributed by atoms with E-state index in [9.17, 15) is 9.59 Å². The van der Waals surface area contributed by atoms with Crippen LogP contribution < -0.4 is 4.74 Å². The van der Waals surface area contributed by atoms with Gasteiger partial charge in [-0.15, -0.1) is 0 Å². The Labute approximate surface area is 105 Å². The molecule has 5 nitrogen and oxygen atoms in total. The van der Waals surface area contributed by atoms with Crippen LogP contribution in [0.2, 0.25) is 0 Å².